The monoisotopic (exact) mass is 421 g/mol. The molecule has 0 amide bonds. The molecule has 1 aromatic heterocycles. The van der Waals surface area contributed by atoms with Crippen molar-refractivity contribution in [2.75, 3.05) is 7.11 Å². The number of carbonyl (C=O) groups is 1. The summed E-state index contributed by atoms with van der Waals surface area (Å²) >= 11 is 3.43. The highest BCUT2D eigenvalue weighted by Gasteiger charge is 2.14. The van der Waals surface area contributed by atoms with Crippen molar-refractivity contribution in [3.8, 4) is 17.3 Å². The molecule has 0 N–H and O–H groups in total. The molecule has 0 aliphatic carbocycles. The fraction of sp³-hybridized carbons (Fsp3) is 0.0952. The van der Waals surface area contributed by atoms with Crippen LogP contribution in [0.15, 0.2) is 70.8 Å². The van der Waals surface area contributed by atoms with Crippen molar-refractivity contribution in [1.29, 1.82) is 5.26 Å². The van der Waals surface area contributed by atoms with Gasteiger partial charge in [0.05, 0.1) is 19.3 Å². The Bertz CT molecular complexity index is 1020. The van der Waals surface area contributed by atoms with Crippen LogP contribution in [0.4, 0.5) is 0 Å². The van der Waals surface area contributed by atoms with Crippen LogP contribution in [-0.2, 0) is 16.1 Å². The third kappa shape index (κ3) is 4.52. The zero-order valence-electron chi connectivity index (χ0n) is 14.6. The van der Waals surface area contributed by atoms with Crippen LogP contribution in [-0.4, -0.2) is 22.9 Å². The number of methoxy groups -OCH3 is 1. The van der Waals surface area contributed by atoms with E-state index in [1.165, 1.54) is 13.2 Å². The summed E-state index contributed by atoms with van der Waals surface area (Å²) in [5.74, 6) is -0.669. The Labute approximate surface area is 165 Å². The summed E-state index contributed by atoms with van der Waals surface area (Å²) < 4.78 is 7.48. The van der Waals surface area contributed by atoms with Gasteiger partial charge in [0.15, 0.2) is 0 Å². The van der Waals surface area contributed by atoms with Crippen molar-refractivity contribution in [3.05, 3.63) is 82.0 Å². The van der Waals surface area contributed by atoms with Crippen LogP contribution in [0.3, 0.4) is 0 Å². The molecule has 134 valence electrons. The highest BCUT2D eigenvalue weighted by Crippen LogP contribution is 2.25. The van der Waals surface area contributed by atoms with E-state index in [2.05, 4.69) is 25.8 Å². The molecule has 0 fully saturated rings. The molecule has 0 radical (unpaired) electrons. The number of benzene rings is 2. The van der Waals surface area contributed by atoms with Crippen LogP contribution in [0.2, 0.25) is 0 Å². The van der Waals surface area contributed by atoms with Crippen LogP contribution >= 0.6 is 15.9 Å². The van der Waals surface area contributed by atoms with E-state index in [4.69, 9.17) is 0 Å². The van der Waals surface area contributed by atoms with Gasteiger partial charge in [0.2, 0.25) is 0 Å². The number of rotatable bonds is 5. The lowest BCUT2D eigenvalue weighted by Gasteiger charge is -2.02. The average molecular weight is 422 g/mol. The zero-order chi connectivity index (χ0) is 19.2. The van der Waals surface area contributed by atoms with E-state index in [0.29, 0.717) is 17.8 Å². The summed E-state index contributed by atoms with van der Waals surface area (Å²) in [5.41, 5.74) is 3.30. The molecular weight excluding hydrogens is 406 g/mol. The van der Waals surface area contributed by atoms with Gasteiger partial charge in [-0.3, -0.25) is 4.68 Å². The lowest BCUT2D eigenvalue weighted by atomic mass is 10.1. The molecule has 5 nitrogen and oxygen atoms in total. The van der Waals surface area contributed by atoms with Crippen LogP contribution < -0.4 is 0 Å². The quantitative estimate of drug-likeness (QED) is 0.346. The van der Waals surface area contributed by atoms with Gasteiger partial charge in [-0.25, -0.2) is 4.79 Å². The minimum Gasteiger partial charge on any atom is -0.465 e. The molecule has 0 saturated heterocycles. The smallest absolute Gasteiger partial charge is 0.348 e. The summed E-state index contributed by atoms with van der Waals surface area (Å²) in [6, 6.07) is 19.5. The molecule has 0 aliphatic heterocycles. The Kier molecular flexibility index (Phi) is 5.84. The van der Waals surface area contributed by atoms with Crippen molar-refractivity contribution in [2.24, 2.45) is 0 Å². The van der Waals surface area contributed by atoms with Crippen LogP contribution in [0.1, 0.15) is 11.1 Å². The van der Waals surface area contributed by atoms with E-state index < -0.39 is 5.97 Å². The minimum absolute atomic E-state index is 0.0714. The fourth-order valence-electron chi connectivity index (χ4n) is 2.62. The van der Waals surface area contributed by atoms with E-state index in [1.807, 2.05) is 66.9 Å². The number of aromatic nitrogens is 2. The predicted octanol–water partition coefficient (Wildman–Crippen LogP) is 4.44. The van der Waals surface area contributed by atoms with E-state index >= 15 is 0 Å². The van der Waals surface area contributed by atoms with Crippen molar-refractivity contribution >= 4 is 28.0 Å². The molecule has 0 saturated carbocycles. The van der Waals surface area contributed by atoms with Gasteiger partial charge in [-0.05, 0) is 23.8 Å². The van der Waals surface area contributed by atoms with E-state index in [9.17, 15) is 10.1 Å². The second kappa shape index (κ2) is 8.47. The van der Waals surface area contributed by atoms with Crippen LogP contribution in [0.5, 0.6) is 0 Å². The summed E-state index contributed by atoms with van der Waals surface area (Å²) in [7, 11) is 1.25. The molecule has 1 heterocycles. The summed E-state index contributed by atoms with van der Waals surface area (Å²) in [5, 5.41) is 13.9. The van der Waals surface area contributed by atoms with Gasteiger partial charge >= 0.3 is 5.97 Å². The second-order valence-corrected chi connectivity index (χ2v) is 6.70. The standard InChI is InChI=1S/C21H16BrN3O2/c1-27-21(26)17(12-23)11-18-14-25(13-15-7-9-19(22)10-8-15)24-20(18)16-5-3-2-4-6-16/h2-11,14H,13H2,1H3. The topological polar surface area (TPSA) is 67.9 Å². The third-order valence-electron chi connectivity index (χ3n) is 3.92. The molecular formula is C21H16BrN3O2. The maximum Gasteiger partial charge on any atom is 0.348 e. The highest BCUT2D eigenvalue weighted by molar-refractivity contribution is 9.10. The van der Waals surface area contributed by atoms with Crippen molar-refractivity contribution in [1.82, 2.24) is 9.78 Å². The first-order valence-corrected chi connectivity index (χ1v) is 8.97. The number of hydrogen-bond acceptors (Lipinski definition) is 4. The number of carbonyl (C=O) groups excluding carboxylic acids is 1. The predicted molar refractivity (Wildman–Crippen MR) is 107 cm³/mol. The minimum atomic E-state index is -0.669. The van der Waals surface area contributed by atoms with Gasteiger partial charge in [0.1, 0.15) is 11.6 Å². The number of hydrogen-bond donors (Lipinski definition) is 0. The van der Waals surface area contributed by atoms with Gasteiger partial charge in [0.25, 0.3) is 0 Å². The van der Waals surface area contributed by atoms with Crippen molar-refractivity contribution < 1.29 is 9.53 Å². The second-order valence-electron chi connectivity index (χ2n) is 5.78. The first kappa shape index (κ1) is 18.6. The summed E-state index contributed by atoms with van der Waals surface area (Å²) in [6.45, 7) is 0.571. The molecule has 0 unspecified atom stereocenters. The lowest BCUT2D eigenvalue weighted by Crippen LogP contribution is -2.02. The first-order chi connectivity index (χ1) is 13.1. The van der Waals surface area contributed by atoms with E-state index in [0.717, 1.165) is 15.6 Å². The van der Waals surface area contributed by atoms with Crippen LogP contribution in [0.25, 0.3) is 17.3 Å². The van der Waals surface area contributed by atoms with Gasteiger partial charge in [-0.15, -0.1) is 0 Å². The molecule has 27 heavy (non-hydrogen) atoms. The average Bonchev–Trinajstić information content (AvgIpc) is 3.10. The molecule has 0 bridgehead atoms. The maximum absolute atomic E-state index is 11.8. The molecule has 0 spiro atoms. The lowest BCUT2D eigenvalue weighted by molar-refractivity contribution is -0.135. The number of nitriles is 1. The van der Waals surface area contributed by atoms with Crippen LogP contribution in [0, 0.1) is 11.3 Å². The highest BCUT2D eigenvalue weighted by atomic mass is 79.9. The fourth-order valence-corrected chi connectivity index (χ4v) is 2.89. The number of esters is 1. The molecule has 3 rings (SSSR count). The number of nitrogens with zero attached hydrogens (tertiary/aromatic N) is 3. The van der Waals surface area contributed by atoms with Gasteiger partial charge in [-0.1, -0.05) is 58.4 Å². The SMILES string of the molecule is COC(=O)C(C#N)=Cc1cn(Cc2ccc(Br)cc2)nc1-c1ccccc1. The van der Waals surface area contributed by atoms with Crippen molar-refractivity contribution in [3.63, 3.8) is 0 Å². The van der Waals surface area contributed by atoms with Gasteiger partial charge in [0, 0.05) is 21.8 Å². The first-order valence-electron chi connectivity index (χ1n) is 8.18. The van der Waals surface area contributed by atoms with E-state index in [1.54, 1.807) is 4.68 Å². The van der Waals surface area contributed by atoms with Gasteiger partial charge in [-0.2, -0.15) is 10.4 Å². The summed E-state index contributed by atoms with van der Waals surface area (Å²) in [4.78, 5) is 11.8. The molecule has 6 heteroatoms. The normalized spacial score (nSPS) is 11.1. The largest absolute Gasteiger partial charge is 0.465 e. The number of ether oxygens (including phenoxy) is 1. The van der Waals surface area contributed by atoms with Gasteiger partial charge < -0.3 is 4.74 Å². The Hall–Kier alpha value is -3.17. The van der Waals surface area contributed by atoms with Crippen molar-refractivity contribution in [2.45, 2.75) is 6.54 Å². The maximum atomic E-state index is 11.8. The molecule has 3 aromatic rings. The Morgan fingerprint density at radius 1 is 1.22 bits per heavy atom. The van der Waals surface area contributed by atoms with E-state index in [-0.39, 0.29) is 5.57 Å². The Morgan fingerprint density at radius 3 is 2.56 bits per heavy atom. The molecule has 0 aliphatic rings. The Morgan fingerprint density at radius 2 is 1.93 bits per heavy atom. The Balaban J connectivity index is 2.04. The third-order valence-corrected chi connectivity index (χ3v) is 4.45. The zero-order valence-corrected chi connectivity index (χ0v) is 16.2. The summed E-state index contributed by atoms with van der Waals surface area (Å²) in [6.07, 6.45) is 3.34. The molecule has 2 aromatic carbocycles. The molecule has 0 atom stereocenters. The number of halogens is 1.